The van der Waals surface area contributed by atoms with Crippen LogP contribution in [0.5, 0.6) is 0 Å². The molecule has 210 valence electrons. The molecule has 5 saturated carbocycles. The van der Waals surface area contributed by atoms with Gasteiger partial charge in [0.15, 0.2) is 0 Å². The van der Waals surface area contributed by atoms with Gasteiger partial charge in [-0.05, 0) is 121 Å². The average Bonchev–Trinajstić information content (AvgIpc) is 3.22. The Bertz CT molecular complexity index is 939. The third-order valence-electron chi connectivity index (χ3n) is 14.4. The van der Waals surface area contributed by atoms with E-state index in [4.69, 9.17) is 0 Å². The monoisotopic (exact) mass is 514 g/mol. The standard InChI is InChI=1S/C33H54O4/c1-20(2)21-12-17-33(26(35)10-11-27(36)37)19-18-31(6)22(28(21)33)8-9-24-30(5)15-14-25(34)29(3,4)23(30)13-16-32(24,31)7/h20-25,28,34H,8-19H2,1-7H3,(H,36,37)/t21?,22?,23?,24?,25-,28?,30+,31-,32-,33-/m1/s1. The second kappa shape index (κ2) is 8.80. The van der Waals surface area contributed by atoms with Crippen molar-refractivity contribution in [1.82, 2.24) is 0 Å². The van der Waals surface area contributed by atoms with Crippen LogP contribution >= 0.6 is 0 Å². The maximum absolute atomic E-state index is 13.9. The summed E-state index contributed by atoms with van der Waals surface area (Å²) >= 11 is 0. The predicted molar refractivity (Wildman–Crippen MR) is 147 cm³/mol. The number of carboxylic acid groups (broad SMARTS) is 1. The molecular weight excluding hydrogens is 460 g/mol. The Kier molecular flexibility index (Phi) is 6.58. The predicted octanol–water partition coefficient (Wildman–Crippen LogP) is 7.52. The number of hydrogen-bond donors (Lipinski definition) is 2. The molecule has 0 bridgehead atoms. The van der Waals surface area contributed by atoms with Crippen molar-refractivity contribution in [3.63, 3.8) is 0 Å². The van der Waals surface area contributed by atoms with E-state index in [1.807, 2.05) is 0 Å². The van der Waals surface area contributed by atoms with Gasteiger partial charge in [-0.1, -0.05) is 48.5 Å². The Labute approximate surface area is 225 Å². The van der Waals surface area contributed by atoms with Crippen molar-refractivity contribution < 1.29 is 19.8 Å². The number of rotatable bonds is 5. The quantitative estimate of drug-likeness (QED) is 0.398. The lowest BCUT2D eigenvalue weighted by Gasteiger charge is -2.73. The third kappa shape index (κ3) is 3.62. The molecule has 4 heteroatoms. The summed E-state index contributed by atoms with van der Waals surface area (Å²) in [7, 11) is 0. The summed E-state index contributed by atoms with van der Waals surface area (Å²) in [5.74, 6) is 2.72. The van der Waals surface area contributed by atoms with Gasteiger partial charge >= 0.3 is 5.97 Å². The van der Waals surface area contributed by atoms with Crippen LogP contribution in [0, 0.1) is 62.6 Å². The molecule has 37 heavy (non-hydrogen) atoms. The summed E-state index contributed by atoms with van der Waals surface area (Å²) in [4.78, 5) is 25.2. The summed E-state index contributed by atoms with van der Waals surface area (Å²) in [5, 5.41) is 20.3. The molecule has 4 nitrogen and oxygen atoms in total. The first-order chi connectivity index (χ1) is 17.1. The van der Waals surface area contributed by atoms with Crippen LogP contribution in [0.25, 0.3) is 0 Å². The van der Waals surface area contributed by atoms with Gasteiger partial charge in [-0.25, -0.2) is 0 Å². The Balaban J connectivity index is 1.52. The van der Waals surface area contributed by atoms with Gasteiger partial charge in [-0.3, -0.25) is 9.59 Å². The largest absolute Gasteiger partial charge is 0.481 e. The van der Waals surface area contributed by atoms with Gasteiger partial charge in [-0.15, -0.1) is 0 Å². The van der Waals surface area contributed by atoms with E-state index in [2.05, 4.69) is 48.5 Å². The number of fused-ring (bicyclic) bond motifs is 7. The molecule has 0 spiro atoms. The summed E-state index contributed by atoms with van der Waals surface area (Å²) in [6.45, 7) is 17.1. The molecule has 0 amide bonds. The van der Waals surface area contributed by atoms with Gasteiger partial charge in [0.25, 0.3) is 0 Å². The van der Waals surface area contributed by atoms with E-state index >= 15 is 0 Å². The number of aliphatic carboxylic acids is 1. The van der Waals surface area contributed by atoms with Gasteiger partial charge in [0, 0.05) is 11.8 Å². The maximum Gasteiger partial charge on any atom is 0.303 e. The minimum Gasteiger partial charge on any atom is -0.481 e. The van der Waals surface area contributed by atoms with Crippen LogP contribution in [0.3, 0.4) is 0 Å². The van der Waals surface area contributed by atoms with E-state index in [1.54, 1.807) is 0 Å². The number of carbonyl (C=O) groups excluding carboxylic acids is 1. The highest BCUT2D eigenvalue weighted by molar-refractivity contribution is 5.88. The van der Waals surface area contributed by atoms with Crippen LogP contribution in [-0.2, 0) is 9.59 Å². The molecule has 5 aliphatic rings. The van der Waals surface area contributed by atoms with E-state index in [1.165, 1.54) is 25.7 Å². The maximum atomic E-state index is 13.9. The Hall–Kier alpha value is -0.900. The van der Waals surface area contributed by atoms with Crippen LogP contribution in [0.1, 0.15) is 126 Å². The minimum atomic E-state index is -0.848. The first-order valence-electron chi connectivity index (χ1n) is 15.6. The Morgan fingerprint density at radius 3 is 2.14 bits per heavy atom. The molecule has 0 aromatic carbocycles. The Morgan fingerprint density at radius 2 is 1.49 bits per heavy atom. The van der Waals surface area contributed by atoms with Crippen molar-refractivity contribution in [3.8, 4) is 0 Å². The molecule has 2 N–H and O–H groups in total. The summed E-state index contributed by atoms with van der Waals surface area (Å²) in [5.41, 5.74) is 0.403. The Morgan fingerprint density at radius 1 is 0.784 bits per heavy atom. The van der Waals surface area contributed by atoms with E-state index < -0.39 is 5.97 Å². The van der Waals surface area contributed by atoms with E-state index in [0.29, 0.717) is 35.5 Å². The average molecular weight is 515 g/mol. The number of aliphatic hydroxyl groups excluding tert-OH is 1. The number of aliphatic hydroxyl groups is 1. The zero-order valence-electron chi connectivity index (χ0n) is 24.7. The summed E-state index contributed by atoms with van der Waals surface area (Å²) in [6, 6.07) is 0. The van der Waals surface area contributed by atoms with Gasteiger partial charge in [0.1, 0.15) is 5.78 Å². The van der Waals surface area contributed by atoms with Crippen LogP contribution in [0.4, 0.5) is 0 Å². The lowest BCUT2D eigenvalue weighted by molar-refractivity contribution is -0.247. The molecule has 5 unspecified atom stereocenters. The molecule has 5 fully saturated rings. The SMILES string of the molecule is CC(C)C1CC[C@]2(C(=O)CCC(=O)O)CC[C@]3(C)C(CCC4[C@@]5(C)CC[C@@H](O)C(C)(C)C5CC[C@]43C)C12. The normalized spacial score (nSPS) is 50.5. The van der Waals surface area contributed by atoms with Crippen molar-refractivity contribution in [1.29, 1.82) is 0 Å². The van der Waals surface area contributed by atoms with Crippen molar-refractivity contribution >= 4 is 11.8 Å². The molecular formula is C33H54O4. The molecule has 0 aliphatic heterocycles. The van der Waals surface area contributed by atoms with Crippen LogP contribution in [0.15, 0.2) is 0 Å². The molecule has 5 aliphatic carbocycles. The van der Waals surface area contributed by atoms with Gasteiger partial charge in [0.05, 0.1) is 12.5 Å². The molecule has 0 heterocycles. The van der Waals surface area contributed by atoms with Crippen LogP contribution in [0.2, 0.25) is 0 Å². The molecule has 0 aromatic rings. The van der Waals surface area contributed by atoms with Gasteiger partial charge in [0.2, 0.25) is 0 Å². The lowest BCUT2D eigenvalue weighted by atomic mass is 9.32. The molecule has 0 aromatic heterocycles. The highest BCUT2D eigenvalue weighted by Crippen LogP contribution is 2.77. The van der Waals surface area contributed by atoms with Crippen molar-refractivity contribution in [2.24, 2.45) is 62.6 Å². The third-order valence-corrected chi connectivity index (χ3v) is 14.4. The van der Waals surface area contributed by atoms with Crippen LogP contribution in [-0.4, -0.2) is 28.1 Å². The molecule has 5 rings (SSSR count). The zero-order valence-corrected chi connectivity index (χ0v) is 24.7. The number of Topliss-reactive ketones (excluding diaryl/α,β-unsaturated/α-hetero) is 1. The number of carboxylic acids is 1. The van der Waals surface area contributed by atoms with Gasteiger partial charge < -0.3 is 10.2 Å². The molecule has 0 radical (unpaired) electrons. The topological polar surface area (TPSA) is 74.6 Å². The van der Waals surface area contributed by atoms with Gasteiger partial charge in [-0.2, -0.15) is 0 Å². The summed E-state index contributed by atoms with van der Waals surface area (Å²) < 4.78 is 0. The first kappa shape index (κ1) is 27.7. The molecule has 0 saturated heterocycles. The lowest BCUT2D eigenvalue weighted by Crippen LogP contribution is -2.67. The zero-order chi connectivity index (χ0) is 27.2. The first-order valence-corrected chi connectivity index (χ1v) is 15.6. The highest BCUT2D eigenvalue weighted by atomic mass is 16.4. The van der Waals surface area contributed by atoms with E-state index in [9.17, 15) is 19.8 Å². The number of hydrogen-bond acceptors (Lipinski definition) is 3. The number of ketones is 1. The fraction of sp³-hybridized carbons (Fsp3) is 0.939. The van der Waals surface area contributed by atoms with Crippen molar-refractivity contribution in [3.05, 3.63) is 0 Å². The summed E-state index contributed by atoms with van der Waals surface area (Å²) in [6.07, 6.45) is 11.1. The van der Waals surface area contributed by atoms with Crippen molar-refractivity contribution in [2.75, 3.05) is 0 Å². The number of carbonyl (C=O) groups is 2. The molecule has 10 atom stereocenters. The minimum absolute atomic E-state index is 0.0250. The fourth-order valence-corrected chi connectivity index (χ4v) is 12.3. The van der Waals surface area contributed by atoms with E-state index in [0.717, 1.165) is 38.5 Å². The van der Waals surface area contributed by atoms with Crippen LogP contribution < -0.4 is 0 Å². The van der Waals surface area contributed by atoms with Crippen molar-refractivity contribution in [2.45, 2.75) is 132 Å². The fourth-order valence-electron chi connectivity index (χ4n) is 12.3. The van der Waals surface area contributed by atoms with E-state index in [-0.39, 0.29) is 51.8 Å². The smallest absolute Gasteiger partial charge is 0.303 e. The second-order valence-corrected chi connectivity index (χ2v) is 16.0. The highest BCUT2D eigenvalue weighted by Gasteiger charge is 2.71. The second-order valence-electron chi connectivity index (χ2n) is 16.0.